The lowest BCUT2D eigenvalue weighted by Crippen LogP contribution is -2.29. The fourth-order valence-corrected chi connectivity index (χ4v) is 4.51. The van der Waals surface area contributed by atoms with Crippen LogP contribution in [0.3, 0.4) is 0 Å². The molecule has 0 amide bonds. The minimum absolute atomic E-state index is 0.0865. The first-order chi connectivity index (χ1) is 14.0. The third-order valence-corrected chi connectivity index (χ3v) is 6.42. The molecule has 158 valence electrons. The lowest BCUT2D eigenvalue weighted by Gasteiger charge is -2.28. The van der Waals surface area contributed by atoms with Gasteiger partial charge in [0, 0.05) is 50.8 Å². The van der Waals surface area contributed by atoms with Gasteiger partial charge in [0.2, 0.25) is 0 Å². The Morgan fingerprint density at radius 2 is 1.97 bits per heavy atom. The molecule has 2 aromatic heterocycles. The van der Waals surface area contributed by atoms with Gasteiger partial charge in [-0.15, -0.1) is 0 Å². The average molecular weight is 402 g/mol. The van der Waals surface area contributed by atoms with Gasteiger partial charge in [0.05, 0.1) is 12.8 Å². The maximum absolute atomic E-state index is 13.0. The summed E-state index contributed by atoms with van der Waals surface area (Å²) in [4.78, 5) is 31.2. The largest absolute Gasteiger partial charge is 0.469 e. The van der Waals surface area contributed by atoms with Crippen molar-refractivity contribution in [2.45, 2.75) is 57.4 Å². The molecule has 0 atom stereocenters. The summed E-state index contributed by atoms with van der Waals surface area (Å²) < 4.78 is 14.0. The van der Waals surface area contributed by atoms with Gasteiger partial charge in [0.1, 0.15) is 5.76 Å². The summed E-state index contributed by atoms with van der Waals surface area (Å²) in [6, 6.07) is 0.578. The normalized spacial score (nSPS) is 22.8. The minimum Gasteiger partial charge on any atom is -0.469 e. The van der Waals surface area contributed by atoms with Crippen molar-refractivity contribution in [2.75, 3.05) is 27.2 Å². The zero-order valence-electron chi connectivity index (χ0n) is 17.3. The molecule has 3 heterocycles. The Morgan fingerprint density at radius 3 is 2.72 bits per heavy atom. The van der Waals surface area contributed by atoms with Crippen molar-refractivity contribution in [1.29, 1.82) is 0 Å². The van der Waals surface area contributed by atoms with Gasteiger partial charge in [0.15, 0.2) is 0 Å². The van der Waals surface area contributed by atoms with Crippen molar-refractivity contribution in [3.05, 3.63) is 34.3 Å². The van der Waals surface area contributed by atoms with Crippen molar-refractivity contribution < 1.29 is 13.9 Å². The zero-order chi connectivity index (χ0) is 20.4. The molecule has 0 aromatic carbocycles. The highest BCUT2D eigenvalue weighted by Crippen LogP contribution is 2.34. The summed E-state index contributed by atoms with van der Waals surface area (Å²) in [5.41, 5.74) is 0.881. The standard InChI is InChI=1S/C21H30N4O4/c1-23-11-9-17-18(10-12-23)29-20(22-17)25-14-13-24(21(25)27)16-6-3-15(4-7-16)5-8-19(26)28-2/h13-16H,3-12H2,1-2H3/t15-,16-. The average Bonchev–Trinajstić information content (AvgIpc) is 3.27. The lowest BCUT2D eigenvalue weighted by atomic mass is 9.83. The quantitative estimate of drug-likeness (QED) is 0.714. The van der Waals surface area contributed by atoms with Crippen LogP contribution in [0, 0.1) is 5.92 Å². The summed E-state index contributed by atoms with van der Waals surface area (Å²) >= 11 is 0. The first-order valence-electron chi connectivity index (χ1n) is 10.6. The fraction of sp³-hybridized carbons (Fsp3) is 0.667. The second-order valence-corrected chi connectivity index (χ2v) is 8.32. The van der Waals surface area contributed by atoms with Crippen LogP contribution in [-0.4, -0.2) is 52.2 Å². The molecule has 0 N–H and O–H groups in total. The van der Waals surface area contributed by atoms with E-state index in [1.165, 1.54) is 11.7 Å². The molecule has 1 saturated carbocycles. The van der Waals surface area contributed by atoms with E-state index in [-0.39, 0.29) is 17.7 Å². The Morgan fingerprint density at radius 1 is 1.21 bits per heavy atom. The van der Waals surface area contributed by atoms with E-state index >= 15 is 0 Å². The van der Waals surface area contributed by atoms with Gasteiger partial charge in [-0.3, -0.25) is 9.36 Å². The third kappa shape index (κ3) is 4.32. The van der Waals surface area contributed by atoms with Crippen molar-refractivity contribution >= 4 is 5.97 Å². The van der Waals surface area contributed by atoms with Gasteiger partial charge < -0.3 is 14.1 Å². The van der Waals surface area contributed by atoms with Crippen LogP contribution in [0.15, 0.2) is 21.6 Å². The monoisotopic (exact) mass is 402 g/mol. The van der Waals surface area contributed by atoms with Crippen molar-refractivity contribution in [3.8, 4) is 6.01 Å². The molecule has 0 bridgehead atoms. The number of imidazole rings is 1. The number of esters is 1. The zero-order valence-corrected chi connectivity index (χ0v) is 17.3. The molecule has 0 radical (unpaired) electrons. The Hall–Kier alpha value is -2.35. The predicted molar refractivity (Wildman–Crippen MR) is 107 cm³/mol. The predicted octanol–water partition coefficient (Wildman–Crippen LogP) is 2.34. The highest BCUT2D eigenvalue weighted by atomic mass is 16.5. The molecule has 0 saturated heterocycles. The highest BCUT2D eigenvalue weighted by molar-refractivity contribution is 5.69. The third-order valence-electron chi connectivity index (χ3n) is 6.42. The van der Waals surface area contributed by atoms with Gasteiger partial charge in [-0.25, -0.2) is 9.36 Å². The number of ether oxygens (including phenoxy) is 1. The van der Waals surface area contributed by atoms with Crippen LogP contribution >= 0.6 is 0 Å². The maximum Gasteiger partial charge on any atom is 0.336 e. The number of aromatic nitrogens is 3. The number of hydrogen-bond acceptors (Lipinski definition) is 6. The van der Waals surface area contributed by atoms with E-state index in [1.807, 2.05) is 10.8 Å². The van der Waals surface area contributed by atoms with Crippen LogP contribution < -0.4 is 5.69 Å². The summed E-state index contributed by atoms with van der Waals surface area (Å²) in [6.45, 7) is 1.89. The number of rotatable bonds is 5. The van der Waals surface area contributed by atoms with E-state index in [0.717, 1.165) is 69.5 Å². The fourth-order valence-electron chi connectivity index (χ4n) is 4.51. The van der Waals surface area contributed by atoms with Crippen LogP contribution in [0.4, 0.5) is 0 Å². The Kier molecular flexibility index (Phi) is 5.89. The van der Waals surface area contributed by atoms with Crippen LogP contribution in [0.2, 0.25) is 0 Å². The summed E-state index contributed by atoms with van der Waals surface area (Å²) in [6.07, 6.45) is 10.6. The van der Waals surface area contributed by atoms with Crippen LogP contribution in [0.5, 0.6) is 0 Å². The molecular formula is C21H30N4O4. The van der Waals surface area contributed by atoms with Gasteiger partial charge in [-0.05, 0) is 45.1 Å². The van der Waals surface area contributed by atoms with E-state index in [2.05, 4.69) is 16.9 Å². The molecule has 8 nitrogen and oxygen atoms in total. The van der Waals surface area contributed by atoms with E-state index in [0.29, 0.717) is 18.4 Å². The van der Waals surface area contributed by atoms with Gasteiger partial charge >= 0.3 is 17.7 Å². The molecular weight excluding hydrogens is 372 g/mol. The Balaban J connectivity index is 1.42. The van der Waals surface area contributed by atoms with E-state index < -0.39 is 0 Å². The molecule has 1 aliphatic heterocycles. The number of oxazole rings is 1. The lowest BCUT2D eigenvalue weighted by molar-refractivity contribution is -0.141. The molecule has 1 fully saturated rings. The molecule has 1 aliphatic carbocycles. The maximum atomic E-state index is 13.0. The van der Waals surface area contributed by atoms with Gasteiger partial charge in [0.25, 0.3) is 0 Å². The van der Waals surface area contributed by atoms with Crippen LogP contribution in [0.1, 0.15) is 56.0 Å². The number of likely N-dealkylation sites (N-methyl/N-ethyl adjacent to an activating group) is 1. The van der Waals surface area contributed by atoms with Crippen molar-refractivity contribution in [2.24, 2.45) is 5.92 Å². The summed E-state index contributed by atoms with van der Waals surface area (Å²) in [7, 11) is 3.53. The summed E-state index contributed by atoms with van der Waals surface area (Å²) in [5, 5.41) is 0. The van der Waals surface area contributed by atoms with E-state index in [9.17, 15) is 9.59 Å². The second kappa shape index (κ2) is 8.57. The number of nitrogens with zero attached hydrogens (tertiary/aromatic N) is 4. The molecule has 0 unspecified atom stereocenters. The number of hydrogen-bond donors (Lipinski definition) is 0. The Bertz CT molecular complexity index is 879. The molecule has 29 heavy (non-hydrogen) atoms. The number of fused-ring (bicyclic) bond motifs is 1. The molecule has 4 rings (SSSR count). The summed E-state index contributed by atoms with van der Waals surface area (Å²) in [5.74, 6) is 1.29. The first kappa shape index (κ1) is 19.9. The SMILES string of the molecule is COC(=O)CC[C@H]1CC[C@H](n2ccn(-c3nc4c(o3)CCN(C)CC4)c2=O)CC1. The van der Waals surface area contributed by atoms with Crippen LogP contribution in [0.25, 0.3) is 6.01 Å². The van der Waals surface area contributed by atoms with E-state index in [1.54, 1.807) is 6.20 Å². The first-order valence-corrected chi connectivity index (χ1v) is 10.6. The number of methoxy groups -OCH3 is 1. The van der Waals surface area contributed by atoms with Crippen LogP contribution in [-0.2, 0) is 22.4 Å². The van der Waals surface area contributed by atoms with E-state index in [4.69, 9.17) is 9.15 Å². The molecule has 2 aliphatic rings. The van der Waals surface area contributed by atoms with Gasteiger partial charge in [-0.1, -0.05) is 0 Å². The molecule has 8 heteroatoms. The van der Waals surface area contributed by atoms with Crippen molar-refractivity contribution in [1.82, 2.24) is 19.0 Å². The topological polar surface area (TPSA) is 82.5 Å². The second-order valence-electron chi connectivity index (χ2n) is 8.32. The van der Waals surface area contributed by atoms with Crippen molar-refractivity contribution in [3.63, 3.8) is 0 Å². The number of carbonyl (C=O) groups excluding carboxylic acids is 1. The van der Waals surface area contributed by atoms with Gasteiger partial charge in [-0.2, -0.15) is 4.98 Å². The minimum atomic E-state index is -0.142. The molecule has 0 spiro atoms. The number of carbonyl (C=O) groups is 1. The smallest absolute Gasteiger partial charge is 0.336 e. The Labute approximate surface area is 170 Å². The molecule has 2 aromatic rings. The highest BCUT2D eigenvalue weighted by Gasteiger charge is 2.26.